The topological polar surface area (TPSA) is 0 Å². The SMILES string of the molecule is C(=C\c1pc(-c2ccccc2)c(-c2ccccc2)[p-]1)/c1ccccc1.[Li+]. The Kier molecular flexibility index (Phi) is 6.74. The number of rotatable bonds is 4. The van der Waals surface area contributed by atoms with Crippen LogP contribution in [0.1, 0.15) is 10.6 Å². The van der Waals surface area contributed by atoms with Gasteiger partial charge in [0.05, 0.1) is 0 Å². The zero-order valence-electron chi connectivity index (χ0n) is 14.7. The van der Waals surface area contributed by atoms with Crippen molar-refractivity contribution in [3.8, 4) is 21.7 Å². The number of benzene rings is 3. The molecule has 1 aromatic heterocycles. The molecule has 3 aromatic carbocycles. The first kappa shape index (κ1) is 19.0. The van der Waals surface area contributed by atoms with Crippen LogP contribution in [-0.2, 0) is 0 Å². The first-order valence-corrected chi connectivity index (χ1v) is 10.1. The normalized spacial score (nSPS) is 11.2. The fraction of sp³-hybridized carbons (Fsp3) is 0. The molecule has 0 fully saturated rings. The molecular formula is C23H17LiP2. The summed E-state index contributed by atoms with van der Waals surface area (Å²) < 4.78 is 0. The van der Waals surface area contributed by atoms with Crippen molar-refractivity contribution < 1.29 is 18.9 Å². The summed E-state index contributed by atoms with van der Waals surface area (Å²) in [6, 6.07) is 32.0. The smallest absolute Gasteiger partial charge is 0.298 e. The van der Waals surface area contributed by atoms with Gasteiger partial charge in [-0.2, -0.15) is 5.03 Å². The van der Waals surface area contributed by atoms with Gasteiger partial charge < -0.3 is 0 Å². The van der Waals surface area contributed by atoms with Gasteiger partial charge in [0.15, 0.2) is 0 Å². The summed E-state index contributed by atoms with van der Waals surface area (Å²) in [6.45, 7) is 0. The van der Waals surface area contributed by atoms with Gasteiger partial charge in [-0.05, 0) is 16.7 Å². The van der Waals surface area contributed by atoms with Crippen LogP contribution in [-0.4, -0.2) is 0 Å². The molecule has 0 nitrogen and oxygen atoms in total. The fourth-order valence-corrected chi connectivity index (χ4v) is 5.65. The predicted molar refractivity (Wildman–Crippen MR) is 113 cm³/mol. The maximum atomic E-state index is 2.28. The summed E-state index contributed by atoms with van der Waals surface area (Å²) in [6.07, 6.45) is 4.49. The van der Waals surface area contributed by atoms with Crippen molar-refractivity contribution in [3.05, 3.63) is 102 Å². The molecule has 0 radical (unpaired) electrons. The molecule has 0 saturated carbocycles. The molecule has 0 aliphatic carbocycles. The van der Waals surface area contributed by atoms with Crippen LogP contribution in [0.3, 0.4) is 0 Å². The minimum atomic E-state index is 0. The van der Waals surface area contributed by atoms with Crippen LogP contribution in [0.5, 0.6) is 0 Å². The second kappa shape index (κ2) is 9.23. The van der Waals surface area contributed by atoms with E-state index in [-0.39, 0.29) is 18.9 Å². The van der Waals surface area contributed by atoms with Crippen molar-refractivity contribution in [2.45, 2.75) is 0 Å². The predicted octanol–water partition coefficient (Wildman–Crippen LogP) is 5.07. The summed E-state index contributed by atoms with van der Waals surface area (Å²) >= 11 is 0. The van der Waals surface area contributed by atoms with E-state index in [1.807, 2.05) is 0 Å². The third-order valence-electron chi connectivity index (χ3n) is 4.00. The Morgan fingerprint density at radius 2 is 1.15 bits per heavy atom. The zero-order valence-corrected chi connectivity index (χ0v) is 16.5. The van der Waals surface area contributed by atoms with Gasteiger partial charge in [0.2, 0.25) is 0 Å². The van der Waals surface area contributed by atoms with E-state index in [2.05, 4.69) is 103 Å². The maximum absolute atomic E-state index is 2.28. The molecule has 0 unspecified atom stereocenters. The van der Waals surface area contributed by atoms with Crippen molar-refractivity contribution in [2.75, 3.05) is 0 Å². The molecule has 26 heavy (non-hydrogen) atoms. The largest absolute Gasteiger partial charge is 1.00 e. The second-order valence-corrected chi connectivity index (χ2v) is 8.41. The summed E-state index contributed by atoms with van der Waals surface area (Å²) in [7, 11) is 2.61. The van der Waals surface area contributed by atoms with Crippen LogP contribution in [0.2, 0.25) is 0 Å². The monoisotopic (exact) mass is 362 g/mol. The van der Waals surface area contributed by atoms with Gasteiger partial charge in [-0.25, -0.2) is 0 Å². The van der Waals surface area contributed by atoms with Gasteiger partial charge in [0, 0.05) is 0 Å². The number of hydrogen-bond donors (Lipinski definition) is 0. The van der Waals surface area contributed by atoms with Gasteiger partial charge >= 0.3 is 18.9 Å². The van der Waals surface area contributed by atoms with Crippen LogP contribution in [0.4, 0.5) is 0 Å². The Bertz CT molecular complexity index is 918. The van der Waals surface area contributed by atoms with E-state index in [1.54, 1.807) is 0 Å². The quantitative estimate of drug-likeness (QED) is 0.445. The average Bonchev–Trinajstić information content (AvgIpc) is 3.13. The van der Waals surface area contributed by atoms with Crippen molar-refractivity contribution >= 4 is 28.5 Å². The molecule has 4 aromatic rings. The van der Waals surface area contributed by atoms with Gasteiger partial charge in [0.1, 0.15) is 0 Å². The van der Waals surface area contributed by atoms with E-state index in [9.17, 15) is 0 Å². The number of hydrogen-bond acceptors (Lipinski definition) is 0. The molecule has 0 saturated heterocycles. The van der Waals surface area contributed by atoms with Crippen LogP contribution < -0.4 is 18.9 Å². The second-order valence-electron chi connectivity index (χ2n) is 5.76. The third-order valence-corrected chi connectivity index (χ3v) is 6.94. The van der Waals surface area contributed by atoms with Crippen LogP contribution in [0.15, 0.2) is 91.0 Å². The van der Waals surface area contributed by atoms with Crippen molar-refractivity contribution in [3.63, 3.8) is 0 Å². The Balaban J connectivity index is 0.00000196. The minimum absolute atomic E-state index is 0. The molecule has 0 N–H and O–H groups in total. The van der Waals surface area contributed by atoms with Crippen LogP contribution >= 0.6 is 16.4 Å². The van der Waals surface area contributed by atoms with Gasteiger partial charge in [-0.1, -0.05) is 114 Å². The fourth-order valence-electron chi connectivity index (χ4n) is 2.76. The van der Waals surface area contributed by atoms with E-state index in [1.165, 1.54) is 48.7 Å². The van der Waals surface area contributed by atoms with Crippen molar-refractivity contribution in [1.82, 2.24) is 0 Å². The first-order chi connectivity index (χ1) is 12.4. The molecule has 3 heteroatoms. The first-order valence-electron chi connectivity index (χ1n) is 8.29. The molecule has 0 aliphatic heterocycles. The van der Waals surface area contributed by atoms with Gasteiger partial charge in [0.25, 0.3) is 0 Å². The van der Waals surface area contributed by atoms with Gasteiger partial charge in [-0.3, -0.25) is 16.4 Å². The molecule has 0 bridgehead atoms. The molecule has 1 heterocycles. The Morgan fingerprint density at radius 3 is 1.77 bits per heavy atom. The van der Waals surface area contributed by atoms with Crippen LogP contribution in [0.25, 0.3) is 33.9 Å². The molecule has 0 amide bonds. The molecule has 0 spiro atoms. The summed E-state index contributed by atoms with van der Waals surface area (Å²) in [4.78, 5) is 0. The standard InChI is InChI=1S/C23H17P2.Li/c1-4-10-18(11-5-1)16-17-21-24-22(19-12-6-2-7-13-19)23(25-21)20-14-8-3-9-15-20;/h1-17H;/q-1;+1/b17-16+;. The molecule has 120 valence electrons. The van der Waals surface area contributed by atoms with Gasteiger partial charge in [-0.15, -0.1) is 0 Å². The van der Waals surface area contributed by atoms with E-state index in [4.69, 9.17) is 0 Å². The minimum Gasteiger partial charge on any atom is -0.298 e. The van der Waals surface area contributed by atoms with Crippen molar-refractivity contribution in [1.29, 1.82) is 0 Å². The average molecular weight is 362 g/mol. The maximum Gasteiger partial charge on any atom is 1.00 e. The Morgan fingerprint density at radius 1 is 0.615 bits per heavy atom. The van der Waals surface area contributed by atoms with Crippen LogP contribution in [0, 0.1) is 0 Å². The molecule has 0 aliphatic rings. The van der Waals surface area contributed by atoms with Crippen molar-refractivity contribution in [2.24, 2.45) is 0 Å². The zero-order chi connectivity index (χ0) is 16.9. The Hall–Kier alpha value is -1.79. The molecular weight excluding hydrogens is 345 g/mol. The van der Waals surface area contributed by atoms with E-state index < -0.39 is 0 Å². The van der Waals surface area contributed by atoms with E-state index in [0.29, 0.717) is 0 Å². The molecule has 4 rings (SSSR count). The van der Waals surface area contributed by atoms with E-state index in [0.717, 1.165) is 0 Å². The summed E-state index contributed by atoms with van der Waals surface area (Å²) in [5.74, 6) is 0. The Labute approximate surface area is 170 Å². The van der Waals surface area contributed by atoms with E-state index >= 15 is 0 Å². The summed E-state index contributed by atoms with van der Waals surface area (Å²) in [5.41, 5.74) is 3.88. The summed E-state index contributed by atoms with van der Waals surface area (Å²) in [5, 5.41) is 4.25. The molecule has 0 atom stereocenters. The third kappa shape index (κ3) is 4.48.